The zero-order valence-corrected chi connectivity index (χ0v) is 50.7. The second-order valence-electron chi connectivity index (χ2n) is 24.7. The molecule has 3 fully saturated rings. The maximum Gasteiger partial charge on any atom is 0.329 e. The van der Waals surface area contributed by atoms with Gasteiger partial charge in [-0.1, -0.05) is 122 Å². The average molecular weight is 1150 g/mol. The molecule has 3 unspecified atom stereocenters. The lowest BCUT2D eigenvalue weighted by molar-refractivity contribution is -0.171. The number of hydrogen-bond donors (Lipinski definition) is 4. The number of carbonyl (C=O) groups excluding carboxylic acids is 12. The molecular weight excluding hydrogens is 1050 g/mol. The maximum absolute atomic E-state index is 14.3. The van der Waals surface area contributed by atoms with Crippen molar-refractivity contribution in [2.45, 2.75) is 230 Å². The first kappa shape index (κ1) is 69.3. The monoisotopic (exact) mass is 1150 g/mol. The molecule has 0 aromatic rings. The lowest BCUT2D eigenvalue weighted by Crippen LogP contribution is -2.54. The summed E-state index contributed by atoms with van der Waals surface area (Å²) in [6.07, 6.45) is -4.34. The number of cyclic esters (lactones) is 5. The summed E-state index contributed by atoms with van der Waals surface area (Å²) in [5, 5.41) is 10.2. The van der Waals surface area contributed by atoms with E-state index < -0.39 is 186 Å². The van der Waals surface area contributed by atoms with Crippen LogP contribution in [0.15, 0.2) is 0 Å². The molecule has 1 heterocycles. The van der Waals surface area contributed by atoms with Crippen molar-refractivity contribution < 1.29 is 86.0 Å². The van der Waals surface area contributed by atoms with Gasteiger partial charge >= 0.3 is 35.8 Å². The van der Waals surface area contributed by atoms with Crippen molar-refractivity contribution in [2.24, 2.45) is 65.1 Å². The highest BCUT2D eigenvalue weighted by atomic mass is 16.6. The van der Waals surface area contributed by atoms with Gasteiger partial charge in [-0.05, 0) is 93.8 Å². The molecule has 2 bridgehead atoms. The molecule has 458 valence electrons. The molecule has 3 rings (SSSR count). The first-order valence-electron chi connectivity index (χ1n) is 29.2. The predicted molar refractivity (Wildman–Crippen MR) is 293 cm³/mol. The van der Waals surface area contributed by atoms with Crippen LogP contribution in [0.25, 0.3) is 0 Å². The van der Waals surface area contributed by atoms with E-state index in [2.05, 4.69) is 21.3 Å². The van der Waals surface area contributed by atoms with Crippen molar-refractivity contribution in [3.05, 3.63) is 0 Å². The Kier molecular flexibility index (Phi) is 27.4. The summed E-state index contributed by atoms with van der Waals surface area (Å²) in [6.45, 7) is 25.0. The average Bonchev–Trinajstić information content (AvgIpc) is 3.37. The van der Waals surface area contributed by atoms with E-state index in [0.717, 1.165) is 32.1 Å². The fourth-order valence-corrected chi connectivity index (χ4v) is 10.4. The Morgan fingerprint density at radius 3 is 1.46 bits per heavy atom. The van der Waals surface area contributed by atoms with Gasteiger partial charge in [0.05, 0.1) is 11.8 Å². The molecule has 81 heavy (non-hydrogen) atoms. The Hall–Kier alpha value is -5.96. The zero-order valence-electron chi connectivity index (χ0n) is 50.7. The van der Waals surface area contributed by atoms with E-state index in [1.807, 2.05) is 6.92 Å². The van der Waals surface area contributed by atoms with Crippen LogP contribution in [0.5, 0.6) is 0 Å². The number of Topliss-reactive ketones (excluding diaryl/α,β-unsaturated/α-hetero) is 2. The van der Waals surface area contributed by atoms with Crippen molar-refractivity contribution in [3.63, 3.8) is 0 Å². The Labute approximate surface area is 478 Å². The highest BCUT2D eigenvalue weighted by Crippen LogP contribution is 2.37. The summed E-state index contributed by atoms with van der Waals surface area (Å²) in [6, 6.07) is -4.03. The largest absolute Gasteiger partial charge is 0.453 e. The van der Waals surface area contributed by atoms with Gasteiger partial charge in [-0.15, -0.1) is 0 Å². The third-order valence-electron chi connectivity index (χ3n) is 15.4. The van der Waals surface area contributed by atoms with Crippen LogP contribution in [0.3, 0.4) is 0 Å². The SMILES string of the molecule is CC(C)C[C@H]1OC(=O)[C@H](C(C)C)CC(=O)[C@H](C)OC(=O)[C@@H](C(C)C)NC(=O)[C@@H](CC2CCCCC2)OC(=O)CNC(=O)[C@H](C)OC(=O)[C@@H](C(C)C)C2CC(C)CC(OC(=O)[C@H](C(C)C)NC(=O)[C@H](C)OC(=O)[C@@H](C(C)C)NC1=O)C2=O. The van der Waals surface area contributed by atoms with Crippen molar-refractivity contribution >= 4 is 71.0 Å². The Morgan fingerprint density at radius 1 is 0.469 bits per heavy atom. The van der Waals surface area contributed by atoms with E-state index in [1.165, 1.54) is 20.8 Å². The number of amides is 4. The van der Waals surface area contributed by atoms with Crippen molar-refractivity contribution in [3.8, 4) is 0 Å². The van der Waals surface area contributed by atoms with Crippen LogP contribution < -0.4 is 21.3 Å². The van der Waals surface area contributed by atoms with Gasteiger partial charge in [0.1, 0.15) is 24.7 Å². The van der Waals surface area contributed by atoms with E-state index in [0.29, 0.717) is 0 Å². The molecule has 22 heteroatoms. The number of fused-ring (bicyclic) bond motifs is 2. The van der Waals surface area contributed by atoms with Gasteiger partial charge in [-0.3, -0.25) is 43.2 Å². The van der Waals surface area contributed by atoms with Gasteiger partial charge in [-0.25, -0.2) is 14.4 Å². The summed E-state index contributed by atoms with van der Waals surface area (Å²) in [5.74, 6) is -17.0. The minimum absolute atomic E-state index is 0.00540. The van der Waals surface area contributed by atoms with Crippen LogP contribution in [-0.4, -0.2) is 132 Å². The minimum Gasteiger partial charge on any atom is -0.453 e. The van der Waals surface area contributed by atoms with E-state index >= 15 is 0 Å². The van der Waals surface area contributed by atoms with Gasteiger partial charge in [0.25, 0.3) is 23.6 Å². The summed E-state index contributed by atoms with van der Waals surface area (Å²) < 4.78 is 34.1. The topological polar surface area (TPSA) is 308 Å². The van der Waals surface area contributed by atoms with Crippen molar-refractivity contribution in [1.82, 2.24) is 21.3 Å². The molecule has 2 saturated carbocycles. The molecule has 4 amide bonds. The summed E-state index contributed by atoms with van der Waals surface area (Å²) >= 11 is 0. The number of esters is 6. The van der Waals surface area contributed by atoms with Gasteiger partial charge < -0.3 is 49.7 Å². The normalized spacial score (nSPS) is 31.2. The summed E-state index contributed by atoms with van der Waals surface area (Å²) in [7, 11) is 0. The van der Waals surface area contributed by atoms with Gasteiger partial charge in [0.2, 0.25) is 0 Å². The molecule has 1 saturated heterocycles. The first-order valence-corrected chi connectivity index (χ1v) is 29.2. The summed E-state index contributed by atoms with van der Waals surface area (Å²) in [5.41, 5.74) is 0. The van der Waals surface area contributed by atoms with Crippen LogP contribution in [0, 0.1) is 65.1 Å². The second-order valence-corrected chi connectivity index (χ2v) is 24.7. The van der Waals surface area contributed by atoms with E-state index in [4.69, 9.17) is 28.4 Å². The maximum atomic E-state index is 14.3. The number of ketones is 2. The fourth-order valence-electron chi connectivity index (χ4n) is 10.4. The Bertz CT molecular complexity index is 2240. The van der Waals surface area contributed by atoms with Gasteiger partial charge in [0.15, 0.2) is 48.2 Å². The van der Waals surface area contributed by atoms with Crippen LogP contribution >= 0.6 is 0 Å². The number of nitrogens with one attached hydrogen (secondary N) is 4. The van der Waals surface area contributed by atoms with Gasteiger partial charge in [0, 0.05) is 12.3 Å². The minimum atomic E-state index is -1.52. The molecule has 0 spiro atoms. The Balaban J connectivity index is 2.05. The van der Waals surface area contributed by atoms with E-state index in [-0.39, 0.29) is 43.4 Å². The predicted octanol–water partition coefficient (Wildman–Crippen LogP) is 5.20. The second kappa shape index (κ2) is 32.0. The highest BCUT2D eigenvalue weighted by molar-refractivity contribution is 5.96. The molecule has 0 radical (unpaired) electrons. The van der Waals surface area contributed by atoms with Crippen LogP contribution in [0.2, 0.25) is 0 Å². The molecule has 2 aliphatic carbocycles. The quantitative estimate of drug-likeness (QED) is 0.170. The lowest BCUT2D eigenvalue weighted by Gasteiger charge is -2.37. The molecule has 0 aromatic heterocycles. The smallest absolute Gasteiger partial charge is 0.329 e. The number of hydrogen-bond acceptors (Lipinski definition) is 18. The fraction of sp³-hybridized carbons (Fsp3) is 0.797. The molecule has 3 aliphatic rings. The zero-order chi connectivity index (χ0) is 61.3. The number of carbonyl (C=O) groups is 12. The molecule has 1 aliphatic heterocycles. The first-order chi connectivity index (χ1) is 37.7. The van der Waals surface area contributed by atoms with Crippen LogP contribution in [-0.2, 0) is 86.0 Å². The third-order valence-corrected chi connectivity index (χ3v) is 15.4. The van der Waals surface area contributed by atoms with E-state index in [9.17, 15) is 57.5 Å². The number of rotatable bonds is 9. The van der Waals surface area contributed by atoms with Crippen molar-refractivity contribution in [1.29, 1.82) is 0 Å². The van der Waals surface area contributed by atoms with Crippen LogP contribution in [0.4, 0.5) is 0 Å². The standard InChI is InChI=1S/C59H94N4O18/c1-28(2)22-43-53(69)62-48(32(9)10)58(74)78-37(16)52(68)61-49(33(11)12)59(75)80-42-24-34(13)23-40(50(42)66)46(30(5)6)56(72)77-36(15)51(67)60-27-45(65)79-44(25-38-20-18-17-19-21-38)54(70)63-47(31(7)8)57(73)76-35(14)41(64)26-39(29(3)4)55(71)81-43/h28-40,42-44,46-49H,17-27H2,1-16H3,(H,60,67)(H,61,68)(H,62,69)(H,63,70)/t34?,35-,36-,37-,39-,40?,42?,43+,44+,46-,47+,48+,49-/m0/s1. The molecule has 0 aromatic carbocycles. The molecule has 22 nitrogen and oxygen atoms in total. The van der Waals surface area contributed by atoms with Crippen molar-refractivity contribution in [2.75, 3.05) is 6.54 Å². The highest BCUT2D eigenvalue weighted by Gasteiger charge is 2.47. The van der Waals surface area contributed by atoms with E-state index in [1.54, 1.807) is 83.1 Å². The van der Waals surface area contributed by atoms with Crippen LogP contribution in [0.1, 0.15) is 175 Å². The molecule has 4 N–H and O–H groups in total. The third kappa shape index (κ3) is 21.1. The summed E-state index contributed by atoms with van der Waals surface area (Å²) in [4.78, 5) is 166. The Morgan fingerprint density at radius 2 is 0.951 bits per heavy atom. The molecule has 13 atom stereocenters. The molecular formula is C59H94N4O18. The van der Waals surface area contributed by atoms with Gasteiger partial charge in [-0.2, -0.15) is 0 Å². The lowest BCUT2D eigenvalue weighted by atomic mass is 9.70. The number of ether oxygens (including phenoxy) is 6.